The molecule has 2 N–H and O–H groups in total. The first kappa shape index (κ1) is 19.4. The van der Waals surface area contributed by atoms with Crippen molar-refractivity contribution in [2.24, 2.45) is 4.99 Å². The Morgan fingerprint density at radius 2 is 2.07 bits per heavy atom. The molecule has 1 aromatic carbocycles. The van der Waals surface area contributed by atoms with Gasteiger partial charge in [0.2, 0.25) is 0 Å². The van der Waals surface area contributed by atoms with Crippen molar-refractivity contribution in [3.8, 4) is 11.6 Å². The minimum atomic E-state index is 0.00712. The maximum Gasteiger partial charge on any atom is 0.191 e. The maximum atomic E-state index is 5.95. The molecule has 1 unspecified atom stereocenters. The molecule has 2 heterocycles. The quantitative estimate of drug-likeness (QED) is 0.488. The van der Waals surface area contributed by atoms with Crippen molar-refractivity contribution in [2.75, 3.05) is 13.6 Å². The molecule has 0 bridgehead atoms. The molecule has 0 saturated carbocycles. The van der Waals surface area contributed by atoms with Crippen molar-refractivity contribution < 1.29 is 4.74 Å². The zero-order valence-electron chi connectivity index (χ0n) is 16.5. The van der Waals surface area contributed by atoms with E-state index in [1.165, 1.54) is 5.56 Å². The van der Waals surface area contributed by atoms with E-state index in [4.69, 9.17) is 4.74 Å². The van der Waals surface area contributed by atoms with Gasteiger partial charge in [0.1, 0.15) is 11.9 Å². The number of nitrogens with zero attached hydrogens (tertiary/aromatic N) is 4. The van der Waals surface area contributed by atoms with Crippen LogP contribution in [0, 0.1) is 6.92 Å². The van der Waals surface area contributed by atoms with Crippen molar-refractivity contribution in [3.05, 3.63) is 72.2 Å². The molecular formula is C21H26N6O. The average Bonchev–Trinajstić information content (AvgIpc) is 3.23. The van der Waals surface area contributed by atoms with Crippen LogP contribution < -0.4 is 15.4 Å². The summed E-state index contributed by atoms with van der Waals surface area (Å²) in [5.41, 5.74) is 2.27. The Morgan fingerprint density at radius 3 is 2.82 bits per heavy atom. The monoisotopic (exact) mass is 378 g/mol. The zero-order valence-corrected chi connectivity index (χ0v) is 16.5. The number of aryl methyl sites for hydroxylation is 1. The van der Waals surface area contributed by atoms with Gasteiger partial charge in [-0.1, -0.05) is 12.1 Å². The summed E-state index contributed by atoms with van der Waals surface area (Å²) >= 11 is 0. The first-order valence-corrected chi connectivity index (χ1v) is 9.27. The second-order valence-corrected chi connectivity index (χ2v) is 6.52. The normalized spacial score (nSPS) is 12.5. The average molecular weight is 378 g/mol. The van der Waals surface area contributed by atoms with E-state index in [2.05, 4.69) is 38.7 Å². The van der Waals surface area contributed by atoms with Crippen LogP contribution in [0.3, 0.4) is 0 Å². The number of benzene rings is 1. The predicted molar refractivity (Wildman–Crippen MR) is 111 cm³/mol. The van der Waals surface area contributed by atoms with Crippen LogP contribution in [0.4, 0.5) is 0 Å². The molecule has 0 aliphatic rings. The van der Waals surface area contributed by atoms with Crippen molar-refractivity contribution in [1.29, 1.82) is 0 Å². The van der Waals surface area contributed by atoms with Crippen LogP contribution in [0.5, 0.6) is 5.75 Å². The number of rotatable bonds is 7. The van der Waals surface area contributed by atoms with Crippen LogP contribution in [0.15, 0.2) is 66.0 Å². The van der Waals surface area contributed by atoms with E-state index in [0.717, 1.165) is 23.1 Å². The molecule has 1 atom stereocenters. The van der Waals surface area contributed by atoms with Gasteiger partial charge in [-0.3, -0.25) is 4.99 Å². The first-order chi connectivity index (χ1) is 13.6. The lowest BCUT2D eigenvalue weighted by Gasteiger charge is -2.18. The Balaban J connectivity index is 1.49. The summed E-state index contributed by atoms with van der Waals surface area (Å²) in [6, 6.07) is 13.9. The summed E-state index contributed by atoms with van der Waals surface area (Å²) < 4.78 is 7.68. The molecule has 0 amide bonds. The highest BCUT2D eigenvalue weighted by molar-refractivity contribution is 5.79. The molecule has 146 valence electrons. The number of aromatic nitrogens is 3. The highest BCUT2D eigenvalue weighted by Gasteiger charge is 2.07. The van der Waals surface area contributed by atoms with Gasteiger partial charge in [0.05, 0.1) is 6.54 Å². The Hall–Kier alpha value is -3.35. The summed E-state index contributed by atoms with van der Waals surface area (Å²) in [4.78, 5) is 8.62. The van der Waals surface area contributed by atoms with E-state index in [1.807, 2.05) is 49.5 Å². The number of pyridine rings is 1. The van der Waals surface area contributed by atoms with Gasteiger partial charge in [0.15, 0.2) is 11.8 Å². The standard InChI is InChI=1S/C21H26N6O/c1-16-6-4-7-19(12-16)28-17(2)14-24-21(22-3)25-15-18-8-10-23-20(13-18)27-11-5-9-26-27/h4-13,17H,14-15H2,1-3H3,(H2,22,24,25). The van der Waals surface area contributed by atoms with Crippen molar-refractivity contribution in [1.82, 2.24) is 25.4 Å². The molecule has 2 aromatic heterocycles. The molecule has 7 heteroatoms. The second-order valence-electron chi connectivity index (χ2n) is 6.52. The van der Waals surface area contributed by atoms with Gasteiger partial charge in [-0.15, -0.1) is 0 Å². The number of hydrogen-bond donors (Lipinski definition) is 2. The summed E-state index contributed by atoms with van der Waals surface area (Å²) in [7, 11) is 1.75. The molecule has 0 spiro atoms. The Morgan fingerprint density at radius 1 is 1.18 bits per heavy atom. The summed E-state index contributed by atoms with van der Waals surface area (Å²) in [6.45, 7) is 5.35. The van der Waals surface area contributed by atoms with Crippen molar-refractivity contribution in [3.63, 3.8) is 0 Å². The molecule has 0 aliphatic heterocycles. The fourth-order valence-corrected chi connectivity index (χ4v) is 2.71. The predicted octanol–water partition coefficient (Wildman–Crippen LogP) is 2.71. The molecule has 0 saturated heterocycles. The third kappa shape index (κ3) is 5.57. The number of aliphatic imine (C=N–C) groups is 1. The van der Waals surface area contributed by atoms with E-state index in [0.29, 0.717) is 13.1 Å². The van der Waals surface area contributed by atoms with E-state index < -0.39 is 0 Å². The van der Waals surface area contributed by atoms with Crippen molar-refractivity contribution in [2.45, 2.75) is 26.5 Å². The second kappa shape index (κ2) is 9.55. The lowest BCUT2D eigenvalue weighted by atomic mass is 10.2. The van der Waals surface area contributed by atoms with Crippen LogP contribution in [0.2, 0.25) is 0 Å². The Labute approximate surface area is 165 Å². The largest absolute Gasteiger partial charge is 0.489 e. The fraction of sp³-hybridized carbons (Fsp3) is 0.286. The molecule has 28 heavy (non-hydrogen) atoms. The number of hydrogen-bond acceptors (Lipinski definition) is 4. The lowest BCUT2D eigenvalue weighted by Crippen LogP contribution is -2.41. The van der Waals surface area contributed by atoms with E-state index in [1.54, 1.807) is 24.1 Å². The zero-order chi connectivity index (χ0) is 19.8. The summed E-state index contributed by atoms with van der Waals surface area (Å²) in [5, 5.41) is 10.8. The van der Waals surface area contributed by atoms with Crippen LogP contribution in [-0.2, 0) is 6.54 Å². The number of nitrogens with one attached hydrogen (secondary N) is 2. The molecule has 3 aromatic rings. The maximum absolute atomic E-state index is 5.95. The molecular weight excluding hydrogens is 352 g/mol. The van der Waals surface area contributed by atoms with Gasteiger partial charge >= 0.3 is 0 Å². The van der Waals surface area contributed by atoms with E-state index >= 15 is 0 Å². The first-order valence-electron chi connectivity index (χ1n) is 9.27. The lowest BCUT2D eigenvalue weighted by molar-refractivity contribution is 0.223. The van der Waals surface area contributed by atoms with Gasteiger partial charge in [-0.2, -0.15) is 5.10 Å². The highest BCUT2D eigenvalue weighted by Crippen LogP contribution is 2.13. The third-order valence-electron chi connectivity index (χ3n) is 4.12. The summed E-state index contributed by atoms with van der Waals surface area (Å²) in [5.74, 6) is 2.38. The van der Waals surface area contributed by atoms with Crippen LogP contribution >= 0.6 is 0 Å². The number of ether oxygens (including phenoxy) is 1. The highest BCUT2D eigenvalue weighted by atomic mass is 16.5. The Bertz CT molecular complexity index is 907. The molecule has 3 rings (SSSR count). The van der Waals surface area contributed by atoms with Gasteiger partial charge in [-0.05, 0) is 55.3 Å². The minimum Gasteiger partial charge on any atom is -0.489 e. The SMILES string of the molecule is CN=C(NCc1ccnc(-n2cccn2)c1)NCC(C)Oc1cccc(C)c1. The smallest absolute Gasteiger partial charge is 0.191 e. The molecule has 0 aliphatic carbocycles. The minimum absolute atomic E-state index is 0.00712. The summed E-state index contributed by atoms with van der Waals surface area (Å²) in [6.07, 6.45) is 5.39. The van der Waals surface area contributed by atoms with Crippen LogP contribution in [0.25, 0.3) is 5.82 Å². The fourth-order valence-electron chi connectivity index (χ4n) is 2.71. The topological polar surface area (TPSA) is 76.4 Å². The van der Waals surface area contributed by atoms with Gasteiger partial charge < -0.3 is 15.4 Å². The van der Waals surface area contributed by atoms with Gasteiger partial charge in [0, 0.05) is 32.2 Å². The van der Waals surface area contributed by atoms with Gasteiger partial charge in [-0.25, -0.2) is 9.67 Å². The number of guanidine groups is 1. The van der Waals surface area contributed by atoms with Crippen LogP contribution in [-0.4, -0.2) is 40.4 Å². The molecule has 7 nitrogen and oxygen atoms in total. The van der Waals surface area contributed by atoms with Gasteiger partial charge in [0.25, 0.3) is 0 Å². The molecule has 0 fully saturated rings. The molecule has 0 radical (unpaired) electrons. The van der Waals surface area contributed by atoms with E-state index in [9.17, 15) is 0 Å². The van der Waals surface area contributed by atoms with E-state index in [-0.39, 0.29) is 6.10 Å². The van der Waals surface area contributed by atoms with Crippen LogP contribution in [0.1, 0.15) is 18.1 Å². The third-order valence-corrected chi connectivity index (χ3v) is 4.12. The Kier molecular flexibility index (Phi) is 6.62. The van der Waals surface area contributed by atoms with Crippen molar-refractivity contribution >= 4 is 5.96 Å².